The number of alkyl halides is 1. The van der Waals surface area contributed by atoms with Gasteiger partial charge in [0, 0.05) is 30.3 Å². The molecule has 560 valence electrons. The molecular weight excluding hydrogens is 1420 g/mol. The van der Waals surface area contributed by atoms with Crippen LogP contribution in [0.15, 0.2) is 184 Å². The van der Waals surface area contributed by atoms with Crippen molar-refractivity contribution in [3.05, 3.63) is 195 Å². The summed E-state index contributed by atoms with van der Waals surface area (Å²) in [6.45, 7) is 21.0. The van der Waals surface area contributed by atoms with E-state index in [0.29, 0.717) is 59.5 Å². The molecule has 10 rings (SSSR count). The highest BCUT2D eigenvalue weighted by Gasteiger charge is 2.38. The molecule has 24 nitrogen and oxygen atoms in total. The van der Waals surface area contributed by atoms with Crippen LogP contribution in [0.1, 0.15) is 85.9 Å². The zero-order valence-corrected chi connectivity index (χ0v) is 60.4. The van der Waals surface area contributed by atoms with Gasteiger partial charge in [0.15, 0.2) is 12.6 Å². The van der Waals surface area contributed by atoms with Gasteiger partial charge in [0.05, 0.1) is 88.0 Å². The first-order valence-corrected chi connectivity index (χ1v) is 34.8. The monoisotopic (exact) mass is 1520 g/mol. The first-order valence-electron chi connectivity index (χ1n) is 33.3. The number of aromatic hydroxyl groups is 2. The lowest BCUT2D eigenvalue weighted by molar-refractivity contribution is -0.139. The number of aliphatic hydroxyl groups excluding tert-OH is 2. The summed E-state index contributed by atoms with van der Waals surface area (Å²) in [7, 11) is 0. The molecule has 0 aliphatic carbocycles. The number of hydrogen-bond acceptors (Lipinski definition) is 23. The van der Waals surface area contributed by atoms with Crippen molar-refractivity contribution in [3.63, 3.8) is 0 Å². The fourth-order valence-electron chi connectivity index (χ4n) is 8.66. The van der Waals surface area contributed by atoms with Crippen molar-refractivity contribution in [2.45, 2.75) is 77.8 Å². The van der Waals surface area contributed by atoms with Gasteiger partial charge in [-0.2, -0.15) is 0 Å². The standard InChI is InChI=1S/C24H26O7.C13H16O4.C13H18O4.C11H12O4.C11H14O3.C3H3ClO.C2H5BrO/c1-3-22(25)29-14-13-28-19-9-11-21(12-10-19)31-23(26)18-5-7-20(8-6-18)30-17-24(4-2)15-27-16-24;1-2-13(7-16-8-13)9-17-11-5-3-10(4-6-11)12(14)15;14-8-10-15-11-4-6-12(7-5-11)17-13-3-1-2-9-16-13;1-2-11(13)15-8-7-14-10-5-3-9(12)4-6-10;12-9-4-6-10(7-5-9)14-11-3-1-2-8-13-11;1-2-3(4)5;3-1-2-4/h3,5-12H,1,4,13-17H2,2H3;3-6H,2,7-9H2,1H3,(H,14,15);4-7,13-14H,1-3,8-10H2;2-6,12H,1,7-8H2;4-7,11-12H,1-3,8H2;2H,1H2;4H,1-2H2. The number of ether oxygens (including phenoxy) is 14. The third-order valence-electron chi connectivity index (χ3n) is 14.9. The summed E-state index contributed by atoms with van der Waals surface area (Å²) in [6, 6.07) is 40.3. The normalized spacial score (nSPS) is 15.3. The second-order valence-electron chi connectivity index (χ2n) is 22.7. The van der Waals surface area contributed by atoms with Crippen molar-refractivity contribution >= 4 is 56.7 Å². The number of phenols is 2. The molecule has 4 saturated heterocycles. The summed E-state index contributed by atoms with van der Waals surface area (Å²) in [5.41, 5.74) is 0.943. The van der Waals surface area contributed by atoms with Gasteiger partial charge in [-0.3, -0.25) is 4.79 Å². The van der Waals surface area contributed by atoms with Crippen molar-refractivity contribution < 1.29 is 116 Å². The predicted octanol–water partition coefficient (Wildman–Crippen LogP) is 13.1. The topological polar surface area (TPSA) is 316 Å². The van der Waals surface area contributed by atoms with Crippen LogP contribution in [0.4, 0.5) is 0 Å². The van der Waals surface area contributed by atoms with Crippen molar-refractivity contribution in [1.29, 1.82) is 0 Å². The second-order valence-corrected chi connectivity index (χ2v) is 23.9. The fraction of sp³-hybridized carbons (Fsp3) is 0.390. The first kappa shape index (κ1) is 86.2. The number of carbonyl (C=O) groups excluding carboxylic acids is 4. The smallest absolute Gasteiger partial charge is 0.343 e. The summed E-state index contributed by atoms with van der Waals surface area (Å²) in [5.74, 6) is 3.33. The zero-order chi connectivity index (χ0) is 74.9. The molecule has 6 aromatic carbocycles. The van der Waals surface area contributed by atoms with E-state index in [0.717, 1.165) is 126 Å². The Labute approximate surface area is 614 Å². The molecule has 0 amide bonds. The van der Waals surface area contributed by atoms with Crippen LogP contribution in [0, 0.1) is 10.8 Å². The van der Waals surface area contributed by atoms with Crippen molar-refractivity contribution in [1.82, 2.24) is 0 Å². The van der Waals surface area contributed by atoms with E-state index >= 15 is 0 Å². The van der Waals surface area contributed by atoms with E-state index in [4.69, 9.17) is 103 Å². The van der Waals surface area contributed by atoms with E-state index in [-0.39, 0.29) is 80.1 Å². The van der Waals surface area contributed by atoms with Crippen LogP contribution in [0.5, 0.6) is 57.5 Å². The molecule has 0 saturated carbocycles. The van der Waals surface area contributed by atoms with Gasteiger partial charge in [0.1, 0.15) is 90.5 Å². The van der Waals surface area contributed by atoms with Crippen LogP contribution in [-0.2, 0) is 42.8 Å². The minimum atomic E-state index is -0.922. The molecule has 2 atom stereocenters. The lowest BCUT2D eigenvalue weighted by Gasteiger charge is -2.40. The van der Waals surface area contributed by atoms with E-state index in [1.807, 2.05) is 24.3 Å². The van der Waals surface area contributed by atoms with Crippen LogP contribution in [0.25, 0.3) is 0 Å². The van der Waals surface area contributed by atoms with Crippen LogP contribution in [0.2, 0.25) is 0 Å². The highest BCUT2D eigenvalue weighted by Crippen LogP contribution is 2.34. The molecule has 0 aromatic heterocycles. The summed E-state index contributed by atoms with van der Waals surface area (Å²) >= 11 is 7.70. The van der Waals surface area contributed by atoms with Crippen molar-refractivity contribution in [2.24, 2.45) is 10.8 Å². The number of allylic oxidation sites excluding steroid dienone is 1. The Bertz CT molecular complexity index is 3360. The number of carboxylic acid groups (broad SMARTS) is 1. The lowest BCUT2D eigenvalue weighted by Crippen LogP contribution is -2.46. The molecule has 4 heterocycles. The highest BCUT2D eigenvalue weighted by atomic mass is 79.9. The molecule has 0 radical (unpaired) electrons. The van der Waals surface area contributed by atoms with E-state index in [2.05, 4.69) is 49.5 Å². The number of carbonyl (C=O) groups is 5. The van der Waals surface area contributed by atoms with E-state index in [1.165, 1.54) is 12.1 Å². The van der Waals surface area contributed by atoms with Gasteiger partial charge in [0.2, 0.25) is 5.24 Å². The average Bonchev–Trinajstić information content (AvgIpc) is 0.695. The van der Waals surface area contributed by atoms with Crippen LogP contribution in [-0.4, -0.2) is 172 Å². The van der Waals surface area contributed by atoms with Crippen molar-refractivity contribution in [3.8, 4) is 57.5 Å². The second kappa shape index (κ2) is 50.2. The van der Waals surface area contributed by atoms with Gasteiger partial charge in [-0.1, -0.05) is 49.5 Å². The molecule has 4 aliphatic heterocycles. The predicted molar refractivity (Wildman–Crippen MR) is 388 cm³/mol. The largest absolute Gasteiger partial charge is 0.508 e. The van der Waals surface area contributed by atoms with Gasteiger partial charge >= 0.3 is 23.9 Å². The molecule has 6 aromatic rings. The summed E-state index contributed by atoms with van der Waals surface area (Å²) < 4.78 is 75.1. The fourth-order valence-corrected chi connectivity index (χ4v) is 8.66. The number of aromatic carboxylic acids is 1. The third kappa shape index (κ3) is 36.0. The Morgan fingerprint density at radius 2 is 0.825 bits per heavy atom. The Kier molecular flexibility index (Phi) is 42.0. The van der Waals surface area contributed by atoms with Crippen LogP contribution in [0.3, 0.4) is 0 Å². The van der Waals surface area contributed by atoms with E-state index in [1.54, 1.807) is 109 Å². The lowest BCUT2D eigenvalue weighted by atomic mass is 9.84. The maximum atomic E-state index is 12.4. The number of carboxylic acids is 1. The maximum absolute atomic E-state index is 12.4. The minimum Gasteiger partial charge on any atom is -0.508 e. The van der Waals surface area contributed by atoms with Crippen LogP contribution < -0.4 is 37.9 Å². The molecule has 4 aliphatic rings. The molecule has 5 N–H and O–H groups in total. The number of phenolic OH excluding ortho intramolecular Hbond substituents is 2. The zero-order valence-electron chi connectivity index (χ0n) is 58.1. The molecule has 103 heavy (non-hydrogen) atoms. The number of rotatable bonds is 30. The molecular formula is C77H94BrClO24. The number of esters is 3. The maximum Gasteiger partial charge on any atom is 0.343 e. The minimum absolute atomic E-state index is 0.0220. The van der Waals surface area contributed by atoms with Crippen LogP contribution >= 0.6 is 27.5 Å². The van der Waals surface area contributed by atoms with Gasteiger partial charge < -0.3 is 91.8 Å². The summed E-state index contributed by atoms with van der Waals surface area (Å²) in [6.07, 6.45) is 11.5. The summed E-state index contributed by atoms with van der Waals surface area (Å²) in [4.78, 5) is 54.1. The van der Waals surface area contributed by atoms with Gasteiger partial charge in [-0.25, -0.2) is 19.2 Å². The van der Waals surface area contributed by atoms with E-state index < -0.39 is 29.1 Å². The average molecular weight is 1520 g/mol. The molecule has 4 fully saturated rings. The number of aliphatic hydroxyl groups is 2. The first-order chi connectivity index (χ1) is 49.8. The molecule has 26 heteroatoms. The quantitative estimate of drug-likeness (QED) is 0.00698. The molecule has 0 spiro atoms. The molecule has 2 unspecified atom stereocenters. The molecule has 0 bridgehead atoms. The summed E-state index contributed by atoms with van der Waals surface area (Å²) in [5, 5.41) is 43.5. The van der Waals surface area contributed by atoms with Gasteiger partial charge in [-0.15, -0.1) is 0 Å². The van der Waals surface area contributed by atoms with Gasteiger partial charge in [0.25, 0.3) is 0 Å². The van der Waals surface area contributed by atoms with Gasteiger partial charge in [-0.05, 0) is 202 Å². The Hall–Kier alpha value is -9.18. The number of hydrogen-bond donors (Lipinski definition) is 5. The highest BCUT2D eigenvalue weighted by molar-refractivity contribution is 9.09. The van der Waals surface area contributed by atoms with Crippen molar-refractivity contribution in [2.75, 3.05) is 104 Å². The van der Waals surface area contributed by atoms with E-state index in [9.17, 15) is 24.0 Å². The SMILES string of the molecule is C=CC(=O)Cl.C=CC(=O)OCCOc1ccc(O)cc1.C=CC(=O)OCCOc1ccc(OC(=O)c2ccc(OCC3(CC)COC3)cc2)cc1.CCC1(COc2ccc(C(=O)O)cc2)COC1.OCCBr.OCCOc1ccc(OC2CCCCO2)cc1.Oc1ccc(OC2CCCCO2)cc1. The number of halogens is 2. The third-order valence-corrected chi connectivity index (χ3v) is 15.4. The number of benzene rings is 6. The Balaban J connectivity index is 0.000000273. The Morgan fingerprint density at radius 1 is 0.485 bits per heavy atom. The Morgan fingerprint density at radius 3 is 1.15 bits per heavy atom.